The summed E-state index contributed by atoms with van der Waals surface area (Å²) in [6.45, 7) is -0.408. The third kappa shape index (κ3) is 4.20. The van der Waals surface area contributed by atoms with Crippen LogP contribution in [0.2, 0.25) is 4.34 Å². The first kappa shape index (κ1) is 18.7. The molecule has 0 bridgehead atoms. The number of hydrogen-bond donors (Lipinski definition) is 1. The Hall–Kier alpha value is -1.06. The van der Waals surface area contributed by atoms with Crippen molar-refractivity contribution in [2.75, 3.05) is 13.2 Å². The molecule has 9 heteroatoms. The predicted octanol–water partition coefficient (Wildman–Crippen LogP) is 3.81. The molecule has 4 nitrogen and oxygen atoms in total. The minimum absolute atomic E-state index is 0.0356. The van der Waals surface area contributed by atoms with Crippen LogP contribution in [0.15, 0.2) is 34.5 Å². The maximum atomic E-state index is 13.6. The fourth-order valence-electron chi connectivity index (χ4n) is 2.63. The van der Waals surface area contributed by atoms with Crippen molar-refractivity contribution in [2.24, 2.45) is 5.92 Å². The van der Waals surface area contributed by atoms with Crippen molar-refractivity contribution >= 4 is 33.0 Å². The van der Waals surface area contributed by atoms with Crippen LogP contribution in [-0.4, -0.2) is 31.0 Å². The Labute approximate surface area is 153 Å². The number of hydrogen-bond acceptors (Lipinski definition) is 4. The molecule has 1 heterocycles. The fourth-order valence-corrected chi connectivity index (χ4v) is 5.92. The predicted molar refractivity (Wildman–Crippen MR) is 92.1 cm³/mol. The monoisotopic (exact) mass is 407 g/mol. The molecule has 0 spiro atoms. The molecule has 1 aliphatic carbocycles. The van der Waals surface area contributed by atoms with Crippen LogP contribution in [-0.2, 0) is 10.0 Å². The lowest BCUT2D eigenvalue weighted by Gasteiger charge is -2.29. The van der Waals surface area contributed by atoms with Crippen LogP contribution in [0.25, 0.3) is 0 Å². The smallest absolute Gasteiger partial charge is 0.253 e. The van der Waals surface area contributed by atoms with Crippen molar-refractivity contribution in [3.05, 3.63) is 51.9 Å². The summed E-state index contributed by atoms with van der Waals surface area (Å²) in [7, 11) is -3.96. The van der Waals surface area contributed by atoms with Gasteiger partial charge in [0.25, 0.3) is 10.0 Å². The van der Waals surface area contributed by atoms with Gasteiger partial charge in [0.1, 0.15) is 15.8 Å². The number of aliphatic hydroxyl groups excluding tert-OH is 1. The molecule has 25 heavy (non-hydrogen) atoms. The second-order valence-corrected chi connectivity index (χ2v) is 9.81. The highest BCUT2D eigenvalue weighted by Crippen LogP contribution is 2.38. The molecule has 0 amide bonds. The van der Waals surface area contributed by atoms with Gasteiger partial charge in [-0.05, 0) is 48.6 Å². The van der Waals surface area contributed by atoms with E-state index in [4.69, 9.17) is 11.6 Å². The number of rotatable bonds is 7. The first-order chi connectivity index (χ1) is 11.8. The van der Waals surface area contributed by atoms with Gasteiger partial charge >= 0.3 is 0 Å². The van der Waals surface area contributed by atoms with Crippen molar-refractivity contribution in [1.82, 2.24) is 4.31 Å². The average molecular weight is 408 g/mol. The number of aliphatic hydroxyl groups is 1. The van der Waals surface area contributed by atoms with E-state index in [0.717, 1.165) is 40.6 Å². The molecule has 3 rings (SSSR count). The highest BCUT2D eigenvalue weighted by Gasteiger charge is 2.38. The maximum Gasteiger partial charge on any atom is 0.253 e. The Morgan fingerprint density at radius 2 is 1.88 bits per heavy atom. The largest absolute Gasteiger partial charge is 0.394 e. The van der Waals surface area contributed by atoms with Crippen LogP contribution < -0.4 is 0 Å². The van der Waals surface area contributed by atoms with E-state index in [0.29, 0.717) is 10.4 Å². The summed E-state index contributed by atoms with van der Waals surface area (Å²) in [5.41, 5.74) is 0.0758. The Bertz CT molecular complexity index is 848. The van der Waals surface area contributed by atoms with Crippen molar-refractivity contribution in [2.45, 2.75) is 23.1 Å². The van der Waals surface area contributed by atoms with E-state index >= 15 is 0 Å². The summed E-state index contributed by atoms with van der Waals surface area (Å²) < 4.78 is 54.7. The molecule has 0 unspecified atom stereocenters. The first-order valence-electron chi connectivity index (χ1n) is 7.65. The Kier molecular flexibility index (Phi) is 5.45. The van der Waals surface area contributed by atoms with Crippen LogP contribution in [0, 0.1) is 17.6 Å². The minimum atomic E-state index is -3.96. The molecule has 0 aliphatic heterocycles. The van der Waals surface area contributed by atoms with Crippen molar-refractivity contribution in [3.63, 3.8) is 0 Å². The van der Waals surface area contributed by atoms with Gasteiger partial charge in [-0.1, -0.05) is 11.6 Å². The minimum Gasteiger partial charge on any atom is -0.394 e. The van der Waals surface area contributed by atoms with E-state index in [1.54, 1.807) is 0 Å². The summed E-state index contributed by atoms with van der Waals surface area (Å²) in [5, 5.41) is 9.81. The van der Waals surface area contributed by atoms with E-state index in [-0.39, 0.29) is 22.2 Å². The molecule has 0 saturated heterocycles. The van der Waals surface area contributed by atoms with Gasteiger partial charge in [0.05, 0.1) is 17.0 Å². The Morgan fingerprint density at radius 1 is 1.24 bits per heavy atom. The number of sulfonamides is 1. The Morgan fingerprint density at radius 3 is 2.36 bits per heavy atom. The molecular weight excluding hydrogens is 392 g/mol. The summed E-state index contributed by atoms with van der Waals surface area (Å²) in [6.07, 6.45) is 1.76. The maximum absolute atomic E-state index is 13.6. The lowest BCUT2D eigenvalue weighted by Crippen LogP contribution is -2.38. The highest BCUT2D eigenvalue weighted by molar-refractivity contribution is 7.91. The molecule has 2 aromatic rings. The SMILES string of the molecule is O=S(=O)(c1ccc(Cl)s1)N(CC1CC1)[C@@H](CO)c1cc(F)cc(F)c1. The van der Waals surface area contributed by atoms with Gasteiger partial charge < -0.3 is 5.11 Å². The summed E-state index contributed by atoms with van der Waals surface area (Å²) in [4.78, 5) is 0. The molecule has 1 aliphatic rings. The normalized spacial score (nSPS) is 16.4. The van der Waals surface area contributed by atoms with Crippen LogP contribution in [0.4, 0.5) is 8.78 Å². The fraction of sp³-hybridized carbons (Fsp3) is 0.375. The summed E-state index contributed by atoms with van der Waals surface area (Å²) >= 11 is 6.75. The molecule has 1 aromatic heterocycles. The zero-order valence-electron chi connectivity index (χ0n) is 13.0. The van der Waals surface area contributed by atoms with Crippen LogP contribution >= 0.6 is 22.9 Å². The molecule has 1 saturated carbocycles. The van der Waals surface area contributed by atoms with E-state index in [9.17, 15) is 22.3 Å². The van der Waals surface area contributed by atoms with Crippen LogP contribution in [0.3, 0.4) is 0 Å². The number of thiophene rings is 1. The van der Waals surface area contributed by atoms with Gasteiger partial charge in [-0.2, -0.15) is 4.31 Å². The van der Waals surface area contributed by atoms with Gasteiger partial charge in [-0.25, -0.2) is 17.2 Å². The van der Waals surface area contributed by atoms with Gasteiger partial charge in [-0.3, -0.25) is 0 Å². The van der Waals surface area contributed by atoms with Crippen LogP contribution in [0.1, 0.15) is 24.4 Å². The lowest BCUT2D eigenvalue weighted by atomic mass is 10.1. The van der Waals surface area contributed by atoms with Gasteiger partial charge in [0.15, 0.2) is 0 Å². The first-order valence-corrected chi connectivity index (χ1v) is 10.3. The van der Waals surface area contributed by atoms with Crippen molar-refractivity contribution in [1.29, 1.82) is 0 Å². The van der Waals surface area contributed by atoms with Crippen molar-refractivity contribution < 1.29 is 22.3 Å². The Balaban J connectivity index is 2.03. The van der Waals surface area contributed by atoms with Crippen molar-refractivity contribution in [3.8, 4) is 0 Å². The van der Waals surface area contributed by atoms with Gasteiger partial charge in [-0.15, -0.1) is 11.3 Å². The zero-order chi connectivity index (χ0) is 18.2. The standard InChI is InChI=1S/C16H16ClF2NO3S2/c17-15-3-4-16(24-15)25(22,23)20(8-10-1-2-10)14(9-21)11-5-12(18)7-13(19)6-11/h3-7,10,14,21H,1-2,8-9H2/t14-/m0/s1. The average Bonchev–Trinajstić information content (AvgIpc) is 3.24. The zero-order valence-corrected chi connectivity index (χ0v) is 15.4. The number of nitrogens with zero attached hydrogens (tertiary/aromatic N) is 1. The van der Waals surface area contributed by atoms with Gasteiger partial charge in [0, 0.05) is 12.6 Å². The lowest BCUT2D eigenvalue weighted by molar-refractivity contribution is 0.184. The third-order valence-corrected chi connectivity index (χ3v) is 7.61. The highest BCUT2D eigenvalue weighted by atomic mass is 35.5. The quantitative estimate of drug-likeness (QED) is 0.759. The molecule has 1 aromatic carbocycles. The topological polar surface area (TPSA) is 57.6 Å². The van der Waals surface area contributed by atoms with E-state index < -0.39 is 34.3 Å². The number of halogens is 3. The third-order valence-electron chi connectivity index (χ3n) is 4.04. The number of benzene rings is 1. The molecule has 1 atom stereocenters. The second-order valence-electron chi connectivity index (χ2n) is 5.98. The summed E-state index contributed by atoms with van der Waals surface area (Å²) in [6, 6.07) is 4.59. The van der Waals surface area contributed by atoms with E-state index in [1.165, 1.54) is 12.1 Å². The van der Waals surface area contributed by atoms with Crippen LogP contribution in [0.5, 0.6) is 0 Å². The molecular formula is C16H16ClF2NO3S2. The molecule has 1 N–H and O–H groups in total. The molecule has 1 fully saturated rings. The van der Waals surface area contributed by atoms with Gasteiger partial charge in [0.2, 0.25) is 0 Å². The van der Waals surface area contributed by atoms with E-state index in [1.807, 2.05) is 0 Å². The molecule has 0 radical (unpaired) electrons. The van der Waals surface area contributed by atoms with E-state index in [2.05, 4.69) is 0 Å². The molecule has 136 valence electrons. The second kappa shape index (κ2) is 7.28. The summed E-state index contributed by atoms with van der Waals surface area (Å²) in [5.74, 6) is -1.47.